The Balaban J connectivity index is 3.00. The smallest absolute Gasteiger partial charge is 0.316 e. The topological polar surface area (TPSA) is 78.9 Å². The first-order valence-corrected chi connectivity index (χ1v) is 4.19. The van der Waals surface area contributed by atoms with E-state index in [9.17, 15) is 4.79 Å². The molecule has 0 aliphatic heterocycles. The van der Waals surface area contributed by atoms with Gasteiger partial charge in [0, 0.05) is 4.47 Å². The molecule has 0 aliphatic carbocycles. The number of hydrogen-bond acceptors (Lipinski definition) is 2. The predicted octanol–water partition coefficient (Wildman–Crippen LogP) is 1.81. The fraction of sp³-hybridized carbons (Fsp3) is 0. The second-order valence-electron chi connectivity index (χ2n) is 2.30. The number of anilines is 1. The van der Waals surface area contributed by atoms with Crippen molar-refractivity contribution in [2.75, 3.05) is 5.32 Å². The molecule has 1 rings (SSSR count). The van der Waals surface area contributed by atoms with Crippen LogP contribution in [-0.4, -0.2) is 6.03 Å². The molecule has 0 heterocycles. The summed E-state index contributed by atoms with van der Waals surface area (Å²) in [7, 11) is 0. The molecule has 4 nitrogen and oxygen atoms in total. The molecule has 0 atom stereocenters. The van der Waals surface area contributed by atoms with Crippen molar-refractivity contribution in [2.45, 2.75) is 0 Å². The third-order valence-electron chi connectivity index (χ3n) is 1.36. The summed E-state index contributed by atoms with van der Waals surface area (Å²) in [5.41, 5.74) is 5.99. The molecule has 0 fully saturated rings. The van der Waals surface area contributed by atoms with Crippen LogP contribution in [0.2, 0.25) is 0 Å². The zero-order valence-corrected chi connectivity index (χ0v) is 8.13. The molecule has 66 valence electrons. The molecule has 0 aromatic heterocycles. The van der Waals surface area contributed by atoms with Crippen molar-refractivity contribution < 1.29 is 4.79 Å². The SMILES string of the molecule is N#Cc1ccc(NC(N)=O)c(Br)c1. The quantitative estimate of drug-likeness (QED) is 0.784. The fourth-order valence-electron chi connectivity index (χ4n) is 0.819. The van der Waals surface area contributed by atoms with E-state index in [0.717, 1.165) is 0 Å². The standard InChI is InChI=1S/C8H6BrN3O/c9-6-3-5(4-10)1-2-7(6)12-8(11)13/h1-3H,(H3,11,12,13). The van der Waals surface area contributed by atoms with E-state index in [1.165, 1.54) is 0 Å². The zero-order valence-electron chi connectivity index (χ0n) is 6.54. The highest BCUT2D eigenvalue weighted by atomic mass is 79.9. The van der Waals surface area contributed by atoms with Gasteiger partial charge in [-0.25, -0.2) is 4.79 Å². The van der Waals surface area contributed by atoms with E-state index in [0.29, 0.717) is 15.7 Å². The first-order chi connectivity index (χ1) is 6.13. The molecule has 13 heavy (non-hydrogen) atoms. The highest BCUT2D eigenvalue weighted by Crippen LogP contribution is 2.22. The summed E-state index contributed by atoms with van der Waals surface area (Å²) in [4.78, 5) is 10.5. The summed E-state index contributed by atoms with van der Waals surface area (Å²) in [6.07, 6.45) is 0. The Bertz CT molecular complexity index is 383. The van der Waals surface area contributed by atoms with Crippen LogP contribution in [0.4, 0.5) is 10.5 Å². The summed E-state index contributed by atoms with van der Waals surface area (Å²) in [6.45, 7) is 0. The van der Waals surface area contributed by atoms with E-state index in [1.807, 2.05) is 6.07 Å². The Hall–Kier alpha value is -1.54. The number of carbonyl (C=O) groups excluding carboxylic acids is 1. The molecule has 0 bridgehead atoms. The Labute approximate surface area is 83.5 Å². The van der Waals surface area contributed by atoms with Gasteiger partial charge in [-0.15, -0.1) is 0 Å². The highest BCUT2D eigenvalue weighted by molar-refractivity contribution is 9.10. The molecular weight excluding hydrogens is 234 g/mol. The van der Waals surface area contributed by atoms with Crippen LogP contribution in [0.1, 0.15) is 5.56 Å². The Morgan fingerprint density at radius 1 is 1.62 bits per heavy atom. The van der Waals surface area contributed by atoms with Crippen molar-refractivity contribution in [2.24, 2.45) is 5.73 Å². The van der Waals surface area contributed by atoms with Crippen molar-refractivity contribution in [1.29, 1.82) is 5.26 Å². The van der Waals surface area contributed by atoms with E-state index in [4.69, 9.17) is 11.0 Å². The van der Waals surface area contributed by atoms with E-state index >= 15 is 0 Å². The molecule has 0 radical (unpaired) electrons. The minimum Gasteiger partial charge on any atom is -0.351 e. The molecule has 1 aromatic rings. The van der Waals surface area contributed by atoms with Crippen molar-refractivity contribution in [3.63, 3.8) is 0 Å². The maximum absolute atomic E-state index is 10.5. The number of nitrogens with one attached hydrogen (secondary N) is 1. The van der Waals surface area contributed by atoms with Gasteiger partial charge < -0.3 is 11.1 Å². The lowest BCUT2D eigenvalue weighted by Crippen LogP contribution is -2.19. The first kappa shape index (κ1) is 9.55. The molecule has 0 aliphatic rings. The number of benzene rings is 1. The van der Waals surface area contributed by atoms with Crippen LogP contribution in [0.25, 0.3) is 0 Å². The number of amides is 2. The zero-order chi connectivity index (χ0) is 9.84. The predicted molar refractivity (Wildman–Crippen MR) is 52.1 cm³/mol. The summed E-state index contributed by atoms with van der Waals surface area (Å²) in [5.74, 6) is 0. The lowest BCUT2D eigenvalue weighted by molar-refractivity contribution is 0.259. The van der Waals surface area contributed by atoms with Crippen LogP contribution in [-0.2, 0) is 0 Å². The maximum atomic E-state index is 10.5. The second kappa shape index (κ2) is 3.92. The van der Waals surface area contributed by atoms with Crippen molar-refractivity contribution in [1.82, 2.24) is 0 Å². The van der Waals surface area contributed by atoms with Gasteiger partial charge in [0.25, 0.3) is 0 Å². The average Bonchev–Trinajstić information content (AvgIpc) is 2.08. The number of hydrogen-bond donors (Lipinski definition) is 2. The van der Waals surface area contributed by atoms with Crippen LogP contribution in [0.5, 0.6) is 0 Å². The van der Waals surface area contributed by atoms with Crippen LogP contribution in [0.3, 0.4) is 0 Å². The van der Waals surface area contributed by atoms with Gasteiger partial charge in [0.2, 0.25) is 0 Å². The number of nitrogens with zero attached hydrogens (tertiary/aromatic N) is 1. The lowest BCUT2D eigenvalue weighted by atomic mass is 10.2. The third-order valence-corrected chi connectivity index (χ3v) is 2.01. The Morgan fingerprint density at radius 3 is 2.77 bits per heavy atom. The minimum atomic E-state index is -0.634. The number of nitriles is 1. The Kier molecular flexibility index (Phi) is 2.88. The number of carbonyl (C=O) groups is 1. The molecule has 3 N–H and O–H groups in total. The van der Waals surface area contributed by atoms with Crippen molar-refractivity contribution in [3.05, 3.63) is 28.2 Å². The first-order valence-electron chi connectivity index (χ1n) is 3.39. The fourth-order valence-corrected chi connectivity index (χ4v) is 1.30. The number of primary amides is 1. The van der Waals surface area contributed by atoms with Crippen LogP contribution < -0.4 is 11.1 Å². The molecule has 0 saturated carbocycles. The molecule has 2 amide bonds. The second-order valence-corrected chi connectivity index (χ2v) is 3.15. The van der Waals surface area contributed by atoms with Crippen LogP contribution >= 0.6 is 15.9 Å². The van der Waals surface area contributed by atoms with Crippen molar-refractivity contribution in [3.8, 4) is 6.07 Å². The van der Waals surface area contributed by atoms with Crippen molar-refractivity contribution >= 4 is 27.6 Å². The molecule has 5 heteroatoms. The van der Waals surface area contributed by atoms with Gasteiger partial charge >= 0.3 is 6.03 Å². The van der Waals surface area contributed by atoms with Crippen LogP contribution in [0, 0.1) is 11.3 Å². The molecule has 0 spiro atoms. The minimum absolute atomic E-state index is 0.516. The summed E-state index contributed by atoms with van der Waals surface area (Å²) in [6, 6.07) is 6.14. The van der Waals surface area contributed by atoms with Gasteiger partial charge in [0.1, 0.15) is 0 Å². The largest absolute Gasteiger partial charge is 0.351 e. The average molecular weight is 240 g/mol. The van der Waals surface area contributed by atoms with Gasteiger partial charge in [0.05, 0.1) is 17.3 Å². The van der Waals surface area contributed by atoms with Gasteiger partial charge in [-0.3, -0.25) is 0 Å². The molecule has 0 saturated heterocycles. The van der Waals surface area contributed by atoms with E-state index in [-0.39, 0.29) is 0 Å². The van der Waals surface area contributed by atoms with Gasteiger partial charge in [-0.05, 0) is 34.1 Å². The van der Waals surface area contributed by atoms with E-state index in [2.05, 4.69) is 21.2 Å². The lowest BCUT2D eigenvalue weighted by Gasteiger charge is -2.03. The van der Waals surface area contributed by atoms with Gasteiger partial charge in [-0.2, -0.15) is 5.26 Å². The van der Waals surface area contributed by atoms with Gasteiger partial charge in [-0.1, -0.05) is 0 Å². The number of urea groups is 1. The summed E-state index contributed by atoms with van der Waals surface area (Å²) in [5, 5.41) is 11.0. The summed E-state index contributed by atoms with van der Waals surface area (Å²) < 4.78 is 0.630. The number of rotatable bonds is 1. The molecule has 1 aromatic carbocycles. The monoisotopic (exact) mass is 239 g/mol. The molecular formula is C8H6BrN3O. The van der Waals surface area contributed by atoms with Crippen LogP contribution in [0.15, 0.2) is 22.7 Å². The number of nitrogens with two attached hydrogens (primary N) is 1. The normalized spacial score (nSPS) is 8.92. The molecule has 0 unspecified atom stereocenters. The maximum Gasteiger partial charge on any atom is 0.316 e. The van der Waals surface area contributed by atoms with Gasteiger partial charge in [0.15, 0.2) is 0 Å². The Morgan fingerprint density at radius 2 is 2.31 bits per heavy atom. The highest BCUT2D eigenvalue weighted by Gasteiger charge is 2.02. The summed E-state index contributed by atoms with van der Waals surface area (Å²) >= 11 is 3.20. The van der Waals surface area contributed by atoms with E-state index in [1.54, 1.807) is 18.2 Å². The number of halogens is 1. The third kappa shape index (κ3) is 2.46. The van der Waals surface area contributed by atoms with E-state index < -0.39 is 6.03 Å².